The maximum absolute atomic E-state index is 13.8. The number of aliphatic carboxylic acids is 1. The van der Waals surface area contributed by atoms with Gasteiger partial charge >= 0.3 is 12.0 Å². The minimum atomic E-state index is -0.879. The fourth-order valence-corrected chi connectivity index (χ4v) is 5.43. The fourth-order valence-electron chi connectivity index (χ4n) is 5.43. The maximum Gasteiger partial charge on any atom is 0.318 e. The molecule has 1 saturated carbocycles. The molecular formula is C31H44N2O5. The first kappa shape index (κ1) is 29.3. The molecule has 7 nitrogen and oxygen atoms in total. The average molecular weight is 525 g/mol. The zero-order valence-electron chi connectivity index (χ0n) is 23.4. The van der Waals surface area contributed by atoms with Gasteiger partial charge in [-0.3, -0.25) is 4.79 Å². The summed E-state index contributed by atoms with van der Waals surface area (Å²) in [6.07, 6.45) is 5.90. The Morgan fingerprint density at radius 1 is 1.03 bits per heavy atom. The number of aryl methyl sites for hydroxylation is 1. The highest BCUT2D eigenvalue weighted by molar-refractivity contribution is 5.77. The molecular weight excluding hydrogens is 480 g/mol. The summed E-state index contributed by atoms with van der Waals surface area (Å²) in [5.41, 5.74) is 2.46. The standard InChI is InChI=1S/C31H44N2O5/c1-5-37-27-20-26(21-28(23(27)3)38-6-2)24(4)33(19-13-10-16-25-14-8-7-9-15-25)30(36)32-31(22-29(34)35)17-11-12-18-31/h7-9,14-15,20-21,24H,5-6,10-13,16-19,22H2,1-4H3,(H,32,36)(H,34,35). The Labute approximate surface area is 227 Å². The third-order valence-electron chi connectivity index (χ3n) is 7.52. The van der Waals surface area contributed by atoms with Gasteiger partial charge in [0.25, 0.3) is 0 Å². The number of carboxylic acid groups (broad SMARTS) is 1. The molecule has 2 aromatic carbocycles. The molecule has 7 heteroatoms. The summed E-state index contributed by atoms with van der Waals surface area (Å²) in [5.74, 6) is 0.627. The molecule has 0 radical (unpaired) electrons. The summed E-state index contributed by atoms with van der Waals surface area (Å²) in [5, 5.41) is 12.7. The number of ether oxygens (including phenoxy) is 2. The van der Waals surface area contributed by atoms with Crippen LogP contribution in [0.4, 0.5) is 4.79 Å². The smallest absolute Gasteiger partial charge is 0.318 e. The predicted molar refractivity (Wildman–Crippen MR) is 150 cm³/mol. The Morgan fingerprint density at radius 2 is 1.63 bits per heavy atom. The SMILES string of the molecule is CCOc1cc(C(C)N(CCCCc2ccccc2)C(=O)NC2(CC(=O)O)CCCC2)cc(OCC)c1C. The molecule has 0 saturated heterocycles. The highest BCUT2D eigenvalue weighted by atomic mass is 16.5. The van der Waals surface area contributed by atoms with Crippen molar-refractivity contribution in [2.24, 2.45) is 0 Å². The molecule has 0 bridgehead atoms. The second-order valence-electron chi connectivity index (χ2n) is 10.3. The number of carbonyl (C=O) groups is 2. The van der Waals surface area contributed by atoms with Crippen LogP contribution in [0.3, 0.4) is 0 Å². The first-order chi connectivity index (χ1) is 18.3. The van der Waals surface area contributed by atoms with Crippen LogP contribution >= 0.6 is 0 Å². The number of hydrogen-bond donors (Lipinski definition) is 2. The van der Waals surface area contributed by atoms with E-state index in [0.29, 0.717) is 32.6 Å². The van der Waals surface area contributed by atoms with E-state index < -0.39 is 11.5 Å². The van der Waals surface area contributed by atoms with Crippen LogP contribution in [-0.4, -0.2) is 47.3 Å². The summed E-state index contributed by atoms with van der Waals surface area (Å²) in [6.45, 7) is 9.53. The van der Waals surface area contributed by atoms with E-state index in [1.807, 2.05) is 62.9 Å². The lowest BCUT2D eigenvalue weighted by atomic mass is 9.93. The Hall–Kier alpha value is -3.22. The van der Waals surface area contributed by atoms with Gasteiger partial charge in [0.05, 0.1) is 31.2 Å². The molecule has 0 heterocycles. The van der Waals surface area contributed by atoms with Crippen molar-refractivity contribution in [2.75, 3.05) is 19.8 Å². The van der Waals surface area contributed by atoms with E-state index in [1.165, 1.54) is 5.56 Å². The van der Waals surface area contributed by atoms with Crippen molar-refractivity contribution in [2.45, 2.75) is 90.6 Å². The Bertz CT molecular complexity index is 1020. The summed E-state index contributed by atoms with van der Waals surface area (Å²) in [6, 6.07) is 13.9. The Kier molecular flexibility index (Phi) is 10.9. The minimum absolute atomic E-state index is 0.0531. The van der Waals surface area contributed by atoms with E-state index >= 15 is 0 Å². The van der Waals surface area contributed by atoms with Gasteiger partial charge in [-0.1, -0.05) is 43.2 Å². The summed E-state index contributed by atoms with van der Waals surface area (Å²) < 4.78 is 11.8. The van der Waals surface area contributed by atoms with Crippen LogP contribution in [0.1, 0.15) is 88.4 Å². The number of amides is 2. The van der Waals surface area contributed by atoms with Crippen molar-refractivity contribution in [1.82, 2.24) is 10.2 Å². The molecule has 1 unspecified atom stereocenters. The molecule has 208 valence electrons. The highest BCUT2D eigenvalue weighted by Gasteiger charge is 2.39. The highest BCUT2D eigenvalue weighted by Crippen LogP contribution is 2.36. The van der Waals surface area contributed by atoms with Gasteiger partial charge < -0.3 is 24.8 Å². The number of nitrogens with one attached hydrogen (secondary N) is 1. The van der Waals surface area contributed by atoms with Gasteiger partial charge in [-0.25, -0.2) is 4.79 Å². The number of unbranched alkanes of at least 4 members (excludes halogenated alkanes) is 1. The number of carbonyl (C=O) groups excluding carboxylic acids is 1. The van der Waals surface area contributed by atoms with Crippen LogP contribution in [0.2, 0.25) is 0 Å². The van der Waals surface area contributed by atoms with Crippen molar-refractivity contribution in [3.05, 3.63) is 59.2 Å². The largest absolute Gasteiger partial charge is 0.493 e. The number of hydrogen-bond acceptors (Lipinski definition) is 4. The minimum Gasteiger partial charge on any atom is -0.493 e. The molecule has 1 aliphatic rings. The van der Waals surface area contributed by atoms with Crippen LogP contribution in [0.5, 0.6) is 11.5 Å². The normalized spacial score (nSPS) is 15.1. The van der Waals surface area contributed by atoms with Gasteiger partial charge in [0.1, 0.15) is 11.5 Å². The quantitative estimate of drug-likeness (QED) is 0.269. The number of nitrogens with zero attached hydrogens (tertiary/aromatic N) is 1. The van der Waals surface area contributed by atoms with Crippen molar-refractivity contribution in [1.29, 1.82) is 0 Å². The van der Waals surface area contributed by atoms with E-state index in [2.05, 4.69) is 17.4 Å². The van der Waals surface area contributed by atoms with Crippen LogP contribution in [0, 0.1) is 6.92 Å². The van der Waals surface area contributed by atoms with Crippen molar-refractivity contribution in [3.8, 4) is 11.5 Å². The Balaban J connectivity index is 1.85. The lowest BCUT2D eigenvalue weighted by Crippen LogP contribution is -2.53. The zero-order chi connectivity index (χ0) is 27.5. The van der Waals surface area contributed by atoms with Crippen LogP contribution in [0.15, 0.2) is 42.5 Å². The number of rotatable bonds is 14. The van der Waals surface area contributed by atoms with E-state index in [4.69, 9.17) is 9.47 Å². The third-order valence-corrected chi connectivity index (χ3v) is 7.52. The van der Waals surface area contributed by atoms with Gasteiger partial charge in [0.2, 0.25) is 0 Å². The fraction of sp³-hybridized carbons (Fsp3) is 0.548. The topological polar surface area (TPSA) is 88.1 Å². The van der Waals surface area contributed by atoms with Crippen molar-refractivity contribution >= 4 is 12.0 Å². The van der Waals surface area contributed by atoms with E-state index in [1.54, 1.807) is 0 Å². The van der Waals surface area contributed by atoms with Gasteiger partial charge in [0.15, 0.2) is 0 Å². The molecule has 2 N–H and O–H groups in total. The summed E-state index contributed by atoms with van der Waals surface area (Å²) in [4.78, 5) is 27.3. The average Bonchev–Trinajstić information content (AvgIpc) is 3.33. The van der Waals surface area contributed by atoms with E-state index in [-0.39, 0.29) is 18.5 Å². The molecule has 0 aromatic heterocycles. The lowest BCUT2D eigenvalue weighted by molar-refractivity contribution is -0.138. The molecule has 2 amide bonds. The van der Waals surface area contributed by atoms with Gasteiger partial charge in [-0.05, 0) is 83.1 Å². The molecule has 1 aliphatic carbocycles. The van der Waals surface area contributed by atoms with Crippen molar-refractivity contribution in [3.63, 3.8) is 0 Å². The first-order valence-electron chi connectivity index (χ1n) is 14.0. The number of carboxylic acids is 1. The summed E-state index contributed by atoms with van der Waals surface area (Å²) >= 11 is 0. The van der Waals surface area contributed by atoms with Gasteiger partial charge in [0, 0.05) is 12.1 Å². The maximum atomic E-state index is 13.8. The van der Waals surface area contributed by atoms with Crippen LogP contribution in [0.25, 0.3) is 0 Å². The second kappa shape index (κ2) is 14.1. The van der Waals surface area contributed by atoms with Crippen molar-refractivity contribution < 1.29 is 24.2 Å². The number of urea groups is 1. The van der Waals surface area contributed by atoms with E-state index in [9.17, 15) is 14.7 Å². The molecule has 0 aliphatic heterocycles. The van der Waals surface area contributed by atoms with Gasteiger partial charge in [-0.2, -0.15) is 0 Å². The van der Waals surface area contributed by atoms with Gasteiger partial charge in [-0.15, -0.1) is 0 Å². The second-order valence-corrected chi connectivity index (χ2v) is 10.3. The Morgan fingerprint density at radius 3 is 2.18 bits per heavy atom. The monoisotopic (exact) mass is 524 g/mol. The van der Waals surface area contributed by atoms with Crippen LogP contribution < -0.4 is 14.8 Å². The molecule has 3 rings (SSSR count). The first-order valence-corrected chi connectivity index (χ1v) is 14.0. The summed E-state index contributed by atoms with van der Waals surface area (Å²) in [7, 11) is 0. The van der Waals surface area contributed by atoms with Crippen LogP contribution in [-0.2, 0) is 11.2 Å². The lowest BCUT2D eigenvalue weighted by Gasteiger charge is -2.36. The zero-order valence-corrected chi connectivity index (χ0v) is 23.4. The molecule has 0 spiro atoms. The predicted octanol–water partition coefficient (Wildman–Crippen LogP) is 6.68. The molecule has 1 fully saturated rings. The molecule has 38 heavy (non-hydrogen) atoms. The number of benzene rings is 2. The molecule has 2 aromatic rings. The molecule has 1 atom stereocenters. The van der Waals surface area contributed by atoms with E-state index in [0.717, 1.165) is 54.7 Å². The third kappa shape index (κ3) is 7.89.